The molecule has 0 bridgehead atoms. The van der Waals surface area contributed by atoms with Crippen molar-refractivity contribution in [2.24, 2.45) is 0 Å². The Labute approximate surface area is 109 Å². The lowest BCUT2D eigenvalue weighted by atomic mass is 10.0. The lowest BCUT2D eigenvalue weighted by Gasteiger charge is -2.08. The number of ether oxygens (including phenoxy) is 1. The maximum Gasteiger partial charge on any atom is 0.221 e. The Morgan fingerprint density at radius 2 is 2.11 bits per heavy atom. The van der Waals surface area contributed by atoms with Gasteiger partial charge in [-0.3, -0.25) is 5.10 Å². The fraction of sp³-hybridized carbons (Fsp3) is 0.0769. The predicted octanol–water partition coefficient (Wildman–Crippen LogP) is 3.29. The Morgan fingerprint density at radius 1 is 1.22 bits per heavy atom. The quantitative estimate of drug-likeness (QED) is 0.768. The lowest BCUT2D eigenvalue weighted by molar-refractivity contribution is 0.400. The molecular formula is C13H10ClN3O. The number of fused-ring (bicyclic) bond motifs is 1. The molecule has 3 aromatic rings. The van der Waals surface area contributed by atoms with Crippen LogP contribution in [0.15, 0.2) is 36.7 Å². The minimum atomic E-state index is 0.543. The van der Waals surface area contributed by atoms with Gasteiger partial charge in [0.25, 0.3) is 0 Å². The summed E-state index contributed by atoms with van der Waals surface area (Å²) in [5.74, 6) is 0.543. The first kappa shape index (κ1) is 11.0. The number of nitrogens with zero attached hydrogens (tertiary/aromatic N) is 2. The van der Waals surface area contributed by atoms with Crippen LogP contribution in [-0.4, -0.2) is 22.3 Å². The fourth-order valence-electron chi connectivity index (χ4n) is 1.98. The second-order valence-corrected chi connectivity index (χ2v) is 4.29. The van der Waals surface area contributed by atoms with E-state index in [9.17, 15) is 0 Å². The first-order valence-corrected chi connectivity index (χ1v) is 5.79. The normalized spacial score (nSPS) is 10.8. The van der Waals surface area contributed by atoms with Crippen molar-refractivity contribution in [2.45, 2.75) is 0 Å². The van der Waals surface area contributed by atoms with Crippen LogP contribution in [0.1, 0.15) is 0 Å². The van der Waals surface area contributed by atoms with E-state index in [1.807, 2.05) is 24.3 Å². The number of H-pyrrole nitrogens is 1. The van der Waals surface area contributed by atoms with Crippen molar-refractivity contribution in [3.63, 3.8) is 0 Å². The van der Waals surface area contributed by atoms with Gasteiger partial charge in [0.05, 0.1) is 23.8 Å². The average Bonchev–Trinajstić information content (AvgIpc) is 2.86. The number of nitrogens with one attached hydrogen (secondary N) is 1. The van der Waals surface area contributed by atoms with Crippen molar-refractivity contribution in [3.05, 3.63) is 41.7 Å². The zero-order valence-electron chi connectivity index (χ0n) is 9.64. The summed E-state index contributed by atoms with van der Waals surface area (Å²) >= 11 is 6.00. The summed E-state index contributed by atoms with van der Waals surface area (Å²) in [4.78, 5) is 4.18. The largest absolute Gasteiger partial charge is 0.481 e. The highest BCUT2D eigenvalue weighted by Crippen LogP contribution is 2.34. The Bertz CT molecular complexity index is 708. The van der Waals surface area contributed by atoms with E-state index in [1.165, 1.54) is 0 Å². The minimum absolute atomic E-state index is 0.543. The van der Waals surface area contributed by atoms with Gasteiger partial charge in [-0.1, -0.05) is 29.8 Å². The Balaban J connectivity index is 2.31. The number of methoxy groups -OCH3 is 1. The molecule has 5 heteroatoms. The zero-order chi connectivity index (χ0) is 12.5. The van der Waals surface area contributed by atoms with E-state index in [-0.39, 0.29) is 0 Å². The molecule has 0 saturated carbocycles. The topological polar surface area (TPSA) is 50.8 Å². The molecule has 0 fully saturated rings. The molecule has 0 aliphatic heterocycles. The molecule has 0 atom stereocenters. The molecule has 90 valence electrons. The Kier molecular flexibility index (Phi) is 2.64. The maximum atomic E-state index is 6.00. The van der Waals surface area contributed by atoms with E-state index in [0.717, 1.165) is 22.0 Å². The number of hydrogen-bond donors (Lipinski definition) is 1. The first-order valence-electron chi connectivity index (χ1n) is 5.41. The van der Waals surface area contributed by atoms with Crippen molar-refractivity contribution < 1.29 is 4.74 Å². The summed E-state index contributed by atoms with van der Waals surface area (Å²) < 4.78 is 5.28. The van der Waals surface area contributed by atoms with Gasteiger partial charge >= 0.3 is 0 Å². The van der Waals surface area contributed by atoms with E-state index < -0.39 is 0 Å². The molecule has 2 heterocycles. The SMILES string of the molecule is COc1ncc(Cl)cc1-c1cccc2cn[nH]c12. The molecule has 0 saturated heterocycles. The second kappa shape index (κ2) is 4.31. The van der Waals surface area contributed by atoms with Crippen LogP contribution in [0.25, 0.3) is 22.0 Å². The lowest BCUT2D eigenvalue weighted by Crippen LogP contribution is -1.92. The third kappa shape index (κ3) is 1.71. The summed E-state index contributed by atoms with van der Waals surface area (Å²) in [5.41, 5.74) is 2.76. The van der Waals surface area contributed by atoms with E-state index in [0.29, 0.717) is 10.9 Å². The van der Waals surface area contributed by atoms with Crippen LogP contribution in [0.2, 0.25) is 5.02 Å². The molecule has 18 heavy (non-hydrogen) atoms. The average molecular weight is 260 g/mol. The van der Waals surface area contributed by atoms with Gasteiger partial charge < -0.3 is 4.74 Å². The molecule has 3 rings (SSSR count). The number of para-hydroxylation sites is 1. The monoisotopic (exact) mass is 259 g/mol. The number of halogens is 1. The first-order chi connectivity index (χ1) is 8.79. The number of aromatic nitrogens is 3. The molecule has 0 radical (unpaired) electrons. The van der Waals surface area contributed by atoms with Gasteiger partial charge in [0.2, 0.25) is 5.88 Å². The van der Waals surface area contributed by atoms with Crippen LogP contribution in [-0.2, 0) is 0 Å². The molecular weight excluding hydrogens is 250 g/mol. The van der Waals surface area contributed by atoms with E-state index in [1.54, 1.807) is 19.5 Å². The van der Waals surface area contributed by atoms with Crippen molar-refractivity contribution in [1.29, 1.82) is 0 Å². The van der Waals surface area contributed by atoms with Gasteiger partial charge in [-0.25, -0.2) is 4.98 Å². The molecule has 1 aromatic carbocycles. The molecule has 4 nitrogen and oxygen atoms in total. The highest BCUT2D eigenvalue weighted by molar-refractivity contribution is 6.30. The highest BCUT2D eigenvalue weighted by Gasteiger charge is 2.12. The van der Waals surface area contributed by atoms with Crippen LogP contribution in [0.4, 0.5) is 0 Å². The van der Waals surface area contributed by atoms with Crippen LogP contribution in [0.5, 0.6) is 5.88 Å². The standard InChI is InChI=1S/C13H10ClN3O/c1-18-13-11(5-9(14)7-15-13)10-4-2-3-8-6-16-17-12(8)10/h2-7H,1H3,(H,16,17). The van der Waals surface area contributed by atoms with Gasteiger partial charge in [0.15, 0.2) is 0 Å². The predicted molar refractivity (Wildman–Crippen MR) is 70.9 cm³/mol. The second-order valence-electron chi connectivity index (χ2n) is 3.85. The smallest absolute Gasteiger partial charge is 0.221 e. The highest BCUT2D eigenvalue weighted by atomic mass is 35.5. The molecule has 0 amide bonds. The summed E-state index contributed by atoms with van der Waals surface area (Å²) in [5, 5.41) is 8.64. The number of pyridine rings is 1. The molecule has 2 aromatic heterocycles. The van der Waals surface area contributed by atoms with E-state index in [4.69, 9.17) is 16.3 Å². The van der Waals surface area contributed by atoms with Gasteiger partial charge in [0.1, 0.15) is 0 Å². The Morgan fingerprint density at radius 3 is 2.94 bits per heavy atom. The summed E-state index contributed by atoms with van der Waals surface area (Å²) in [6.07, 6.45) is 3.35. The molecule has 0 spiro atoms. The molecule has 0 aliphatic carbocycles. The van der Waals surface area contributed by atoms with Gasteiger partial charge in [0, 0.05) is 22.7 Å². The van der Waals surface area contributed by atoms with Gasteiger partial charge in [-0.2, -0.15) is 5.10 Å². The fourth-order valence-corrected chi connectivity index (χ4v) is 2.13. The molecule has 0 unspecified atom stereocenters. The minimum Gasteiger partial charge on any atom is -0.481 e. The van der Waals surface area contributed by atoms with Crippen LogP contribution in [0.3, 0.4) is 0 Å². The summed E-state index contributed by atoms with van der Waals surface area (Å²) in [6.45, 7) is 0. The van der Waals surface area contributed by atoms with E-state index >= 15 is 0 Å². The van der Waals surface area contributed by atoms with Crippen LogP contribution in [0, 0.1) is 0 Å². The maximum absolute atomic E-state index is 6.00. The van der Waals surface area contributed by atoms with Gasteiger partial charge in [-0.05, 0) is 6.07 Å². The van der Waals surface area contributed by atoms with Crippen molar-refractivity contribution in [2.75, 3.05) is 7.11 Å². The molecule has 0 aliphatic rings. The third-order valence-electron chi connectivity index (χ3n) is 2.78. The number of aromatic amines is 1. The molecule has 1 N–H and O–H groups in total. The number of rotatable bonds is 2. The van der Waals surface area contributed by atoms with Crippen LogP contribution >= 0.6 is 11.6 Å². The van der Waals surface area contributed by atoms with Gasteiger partial charge in [-0.15, -0.1) is 0 Å². The van der Waals surface area contributed by atoms with Crippen molar-refractivity contribution in [3.8, 4) is 17.0 Å². The zero-order valence-corrected chi connectivity index (χ0v) is 10.4. The number of hydrogen-bond acceptors (Lipinski definition) is 3. The van der Waals surface area contributed by atoms with Crippen LogP contribution < -0.4 is 4.74 Å². The van der Waals surface area contributed by atoms with Crippen molar-refractivity contribution >= 4 is 22.5 Å². The summed E-state index contributed by atoms with van der Waals surface area (Å²) in [6, 6.07) is 7.78. The number of benzene rings is 1. The summed E-state index contributed by atoms with van der Waals surface area (Å²) in [7, 11) is 1.59. The third-order valence-corrected chi connectivity index (χ3v) is 2.98. The van der Waals surface area contributed by atoms with Crippen molar-refractivity contribution in [1.82, 2.24) is 15.2 Å². The van der Waals surface area contributed by atoms with E-state index in [2.05, 4.69) is 15.2 Å². The Hall–Kier alpha value is -2.07.